The molecule has 0 aromatic carbocycles. The fourth-order valence-electron chi connectivity index (χ4n) is 2.66. The molecule has 10 heteroatoms. The number of hydrogen-bond acceptors (Lipinski definition) is 6. The van der Waals surface area contributed by atoms with Crippen LogP contribution in [0.5, 0.6) is 0 Å². The molecule has 0 aromatic heterocycles. The van der Waals surface area contributed by atoms with Crippen LogP contribution < -0.4 is 0 Å². The maximum absolute atomic E-state index is 11.3. The molecule has 2 aliphatic heterocycles. The monoisotopic (exact) mass is 444 g/mol. The quantitative estimate of drug-likeness (QED) is 0.389. The summed E-state index contributed by atoms with van der Waals surface area (Å²) >= 11 is 0. The summed E-state index contributed by atoms with van der Waals surface area (Å²) in [5.41, 5.74) is 0. The largest absolute Gasteiger partial charge is 0.481 e. The summed E-state index contributed by atoms with van der Waals surface area (Å²) in [5, 5.41) is 17.6. The molecule has 2 fully saturated rings. The van der Waals surface area contributed by atoms with Gasteiger partial charge in [0, 0.05) is 34.8 Å². The Morgan fingerprint density at radius 3 is 2.00 bits per heavy atom. The predicted octanol–water partition coefficient (Wildman–Crippen LogP) is 3.60. The molecule has 2 aliphatic rings. The van der Waals surface area contributed by atoms with Gasteiger partial charge in [0.05, 0.1) is 19.7 Å². The van der Waals surface area contributed by atoms with E-state index < -0.39 is 31.6 Å². The highest BCUT2D eigenvalue weighted by molar-refractivity contribution is 8.70. The molecule has 0 saturated carbocycles. The van der Waals surface area contributed by atoms with Crippen LogP contribution >= 0.6 is 21.6 Å². The highest BCUT2D eigenvalue weighted by atomic mass is 33.1. The van der Waals surface area contributed by atoms with Gasteiger partial charge in [-0.3, -0.25) is 9.59 Å². The lowest BCUT2D eigenvalue weighted by atomic mass is 10.1. The molecule has 6 nitrogen and oxygen atoms in total. The average molecular weight is 445 g/mol. The van der Waals surface area contributed by atoms with E-state index in [1.165, 1.54) is 10.8 Å². The first-order valence-electron chi connectivity index (χ1n) is 8.91. The molecule has 26 heavy (non-hydrogen) atoms. The van der Waals surface area contributed by atoms with Crippen LogP contribution in [0.3, 0.4) is 0 Å². The van der Waals surface area contributed by atoms with Gasteiger partial charge in [-0.05, 0) is 38.5 Å². The normalized spacial score (nSPS) is 27.7. The standard InChI is InChI=1S/2C8H14O3S2/c9-8(10)4-2-1-3-7-5-6-13(11)12-7;9-8(10)4-2-1-3-7-5-6-12-13(7)11/h2*7H,1-6H2,(H,9,10). The van der Waals surface area contributed by atoms with Crippen molar-refractivity contribution in [3.63, 3.8) is 0 Å². The number of carboxylic acid groups (broad SMARTS) is 2. The van der Waals surface area contributed by atoms with E-state index >= 15 is 0 Å². The van der Waals surface area contributed by atoms with Crippen LogP contribution in [-0.2, 0) is 29.3 Å². The van der Waals surface area contributed by atoms with Gasteiger partial charge in [0.1, 0.15) is 0 Å². The van der Waals surface area contributed by atoms with Crippen LogP contribution in [-0.4, -0.2) is 52.6 Å². The third-order valence-corrected chi connectivity index (χ3v) is 11.2. The Kier molecular flexibility index (Phi) is 12.9. The van der Waals surface area contributed by atoms with E-state index in [1.807, 2.05) is 0 Å². The van der Waals surface area contributed by atoms with Gasteiger partial charge in [-0.25, -0.2) is 8.42 Å². The Hall–Kier alpha value is -0.0600. The summed E-state index contributed by atoms with van der Waals surface area (Å²) < 4.78 is 22.2. The molecule has 2 rings (SSSR count). The molecule has 4 unspecified atom stereocenters. The van der Waals surface area contributed by atoms with Crippen LogP contribution in [0.1, 0.15) is 64.2 Å². The molecule has 0 radical (unpaired) electrons. The SMILES string of the molecule is O=C(O)CCCCC1CCS(=O)S1.O=C(O)CCCCC1CCSS1=O. The Balaban J connectivity index is 0.000000260. The summed E-state index contributed by atoms with van der Waals surface area (Å²) in [6.45, 7) is 0. The number of aliphatic carboxylic acids is 2. The van der Waals surface area contributed by atoms with Crippen molar-refractivity contribution in [3.05, 3.63) is 0 Å². The maximum atomic E-state index is 11.3. The van der Waals surface area contributed by atoms with Crippen LogP contribution in [0.4, 0.5) is 0 Å². The first kappa shape index (κ1) is 24.0. The second-order valence-electron chi connectivity index (χ2n) is 6.29. The van der Waals surface area contributed by atoms with E-state index in [2.05, 4.69) is 0 Å². The van der Waals surface area contributed by atoms with Crippen LogP contribution in [0, 0.1) is 0 Å². The van der Waals surface area contributed by atoms with Gasteiger partial charge in [-0.15, -0.1) is 0 Å². The van der Waals surface area contributed by atoms with Gasteiger partial charge >= 0.3 is 11.9 Å². The Morgan fingerprint density at radius 2 is 1.54 bits per heavy atom. The molecule has 152 valence electrons. The molecule has 0 aromatic rings. The lowest BCUT2D eigenvalue weighted by Gasteiger charge is -2.05. The fourth-order valence-corrected chi connectivity index (χ4v) is 9.72. The number of rotatable bonds is 10. The van der Waals surface area contributed by atoms with Crippen molar-refractivity contribution in [2.45, 2.75) is 74.7 Å². The van der Waals surface area contributed by atoms with Gasteiger partial charge in [0.25, 0.3) is 0 Å². The molecule has 0 spiro atoms. The van der Waals surface area contributed by atoms with Crippen molar-refractivity contribution in [1.82, 2.24) is 0 Å². The Morgan fingerprint density at radius 1 is 0.923 bits per heavy atom. The van der Waals surface area contributed by atoms with Crippen molar-refractivity contribution in [1.29, 1.82) is 0 Å². The fraction of sp³-hybridized carbons (Fsp3) is 0.875. The highest BCUT2D eigenvalue weighted by Crippen LogP contribution is 2.31. The number of unbranched alkanes of at least 4 members (excludes halogenated alkanes) is 2. The second-order valence-corrected chi connectivity index (χ2v) is 13.4. The van der Waals surface area contributed by atoms with Gasteiger partial charge in [-0.2, -0.15) is 0 Å². The molecule has 2 saturated heterocycles. The minimum Gasteiger partial charge on any atom is -0.481 e. The zero-order valence-corrected chi connectivity index (χ0v) is 18.1. The molecule has 2 heterocycles. The first-order chi connectivity index (χ1) is 12.4. The second kappa shape index (κ2) is 14.0. The van der Waals surface area contributed by atoms with Crippen molar-refractivity contribution < 1.29 is 28.2 Å². The van der Waals surface area contributed by atoms with Crippen LogP contribution in [0.2, 0.25) is 0 Å². The van der Waals surface area contributed by atoms with E-state index in [0.717, 1.165) is 56.5 Å². The minimum atomic E-state index is -0.734. The smallest absolute Gasteiger partial charge is 0.303 e. The lowest BCUT2D eigenvalue weighted by Crippen LogP contribution is -2.06. The lowest BCUT2D eigenvalue weighted by molar-refractivity contribution is -0.138. The van der Waals surface area contributed by atoms with Crippen LogP contribution in [0.15, 0.2) is 0 Å². The molecular formula is C16H28O6S4. The van der Waals surface area contributed by atoms with Gasteiger partial charge in [0.15, 0.2) is 0 Å². The van der Waals surface area contributed by atoms with Crippen molar-refractivity contribution in [2.24, 2.45) is 0 Å². The Labute approximate surface area is 167 Å². The molecule has 4 atom stereocenters. The van der Waals surface area contributed by atoms with Crippen molar-refractivity contribution in [3.8, 4) is 0 Å². The summed E-state index contributed by atoms with van der Waals surface area (Å²) in [5.74, 6) is 0.356. The minimum absolute atomic E-state index is 0.243. The molecule has 0 bridgehead atoms. The van der Waals surface area contributed by atoms with E-state index in [1.54, 1.807) is 10.8 Å². The third kappa shape index (κ3) is 11.6. The summed E-state index contributed by atoms with van der Waals surface area (Å²) in [4.78, 5) is 20.4. The maximum Gasteiger partial charge on any atom is 0.303 e. The number of carboxylic acids is 2. The molecule has 0 aliphatic carbocycles. The highest BCUT2D eigenvalue weighted by Gasteiger charge is 2.23. The Bertz CT molecular complexity index is 499. The van der Waals surface area contributed by atoms with E-state index in [4.69, 9.17) is 10.2 Å². The summed E-state index contributed by atoms with van der Waals surface area (Å²) in [6.07, 6.45) is 7.81. The molecule has 2 N–H and O–H groups in total. The van der Waals surface area contributed by atoms with Gasteiger partial charge in [0.2, 0.25) is 0 Å². The van der Waals surface area contributed by atoms with Crippen LogP contribution in [0.25, 0.3) is 0 Å². The van der Waals surface area contributed by atoms with E-state index in [-0.39, 0.29) is 12.8 Å². The number of hydrogen-bond donors (Lipinski definition) is 2. The summed E-state index contributed by atoms with van der Waals surface area (Å²) in [7, 11) is 1.70. The zero-order chi connectivity index (χ0) is 19.4. The average Bonchev–Trinajstić information content (AvgIpc) is 3.17. The molecular weight excluding hydrogens is 416 g/mol. The van der Waals surface area contributed by atoms with Gasteiger partial charge < -0.3 is 10.2 Å². The topological polar surface area (TPSA) is 109 Å². The van der Waals surface area contributed by atoms with E-state index in [0.29, 0.717) is 16.9 Å². The van der Waals surface area contributed by atoms with Gasteiger partial charge in [-0.1, -0.05) is 34.4 Å². The predicted molar refractivity (Wildman–Crippen MR) is 110 cm³/mol. The first-order valence-corrected chi connectivity index (χ1v) is 14.3. The number of carbonyl (C=O) groups is 2. The van der Waals surface area contributed by atoms with Crippen molar-refractivity contribution >= 4 is 53.2 Å². The summed E-state index contributed by atoms with van der Waals surface area (Å²) in [6, 6.07) is 0. The third-order valence-electron chi connectivity index (χ3n) is 4.09. The van der Waals surface area contributed by atoms with Crippen molar-refractivity contribution in [2.75, 3.05) is 11.5 Å². The molecule has 0 amide bonds. The van der Waals surface area contributed by atoms with E-state index in [9.17, 15) is 18.0 Å². The zero-order valence-electron chi connectivity index (χ0n) is 14.8.